The summed E-state index contributed by atoms with van der Waals surface area (Å²) in [6.07, 6.45) is 2.27. The number of carbonyl (C=O) groups excluding carboxylic acids is 4. The molecule has 10 nitrogen and oxygen atoms in total. The van der Waals surface area contributed by atoms with Crippen molar-refractivity contribution in [2.45, 2.75) is 63.8 Å². The molecule has 3 atom stereocenters. The Hall–Kier alpha value is -3.14. The number of nitrogens with two attached hydrogens (primary N) is 1. The molecule has 3 aliphatic rings. The fraction of sp³-hybridized carbons (Fsp3) is 0.600. The Labute approximate surface area is 205 Å². The van der Waals surface area contributed by atoms with E-state index in [2.05, 4.69) is 0 Å². The summed E-state index contributed by atoms with van der Waals surface area (Å²) in [4.78, 5) is 54.8. The third-order valence-corrected chi connectivity index (χ3v) is 7.64. The Morgan fingerprint density at radius 1 is 1.14 bits per heavy atom. The van der Waals surface area contributed by atoms with Gasteiger partial charge in [0.15, 0.2) is 0 Å². The summed E-state index contributed by atoms with van der Waals surface area (Å²) in [5.41, 5.74) is 6.41. The van der Waals surface area contributed by atoms with Gasteiger partial charge in [0.2, 0.25) is 17.7 Å². The van der Waals surface area contributed by atoms with E-state index in [9.17, 15) is 24.3 Å². The van der Waals surface area contributed by atoms with Gasteiger partial charge < -0.3 is 25.4 Å². The number of hydrogen-bond acceptors (Lipinski definition) is 6. The van der Waals surface area contributed by atoms with E-state index >= 15 is 0 Å². The van der Waals surface area contributed by atoms with Gasteiger partial charge in [0.1, 0.15) is 18.7 Å². The van der Waals surface area contributed by atoms with E-state index in [1.807, 2.05) is 30.3 Å². The van der Waals surface area contributed by atoms with Gasteiger partial charge in [0, 0.05) is 26.1 Å². The number of β-amino-alcohol motifs (C(OH)–C–C–N with tert-alkyl or cyclic N) is 1. The Balaban J connectivity index is 1.30. The van der Waals surface area contributed by atoms with Crippen LogP contribution >= 0.6 is 0 Å². The van der Waals surface area contributed by atoms with E-state index in [0.29, 0.717) is 19.5 Å². The van der Waals surface area contributed by atoms with Crippen LogP contribution in [-0.2, 0) is 25.7 Å². The SMILES string of the molecule is C[C@H]1C(=O)N(CCCC(=O)N2CCC3(CC3)[C@H](O)C2)[C@@H](C(N)=O)CN1C(=O)OCc1ccccc1. The van der Waals surface area contributed by atoms with Gasteiger partial charge >= 0.3 is 6.09 Å². The molecule has 10 heteroatoms. The summed E-state index contributed by atoms with van der Waals surface area (Å²) < 4.78 is 5.35. The van der Waals surface area contributed by atoms with Gasteiger partial charge in [0.25, 0.3) is 0 Å². The molecule has 3 N–H and O–H groups in total. The molecule has 1 spiro atoms. The van der Waals surface area contributed by atoms with Crippen molar-refractivity contribution >= 4 is 23.8 Å². The lowest BCUT2D eigenvalue weighted by Crippen LogP contribution is -2.65. The number of amides is 4. The van der Waals surface area contributed by atoms with E-state index < -0.39 is 36.1 Å². The fourth-order valence-electron chi connectivity index (χ4n) is 5.06. The average molecular weight is 487 g/mol. The zero-order chi connectivity index (χ0) is 25.2. The minimum atomic E-state index is -0.996. The van der Waals surface area contributed by atoms with E-state index in [1.54, 1.807) is 11.8 Å². The van der Waals surface area contributed by atoms with Gasteiger partial charge in [-0.25, -0.2) is 4.79 Å². The van der Waals surface area contributed by atoms with Crippen LogP contribution in [0.1, 0.15) is 44.6 Å². The second-order valence-electron chi connectivity index (χ2n) is 9.89. The maximum Gasteiger partial charge on any atom is 0.410 e. The lowest BCUT2D eigenvalue weighted by molar-refractivity contribution is -0.149. The van der Waals surface area contributed by atoms with E-state index in [1.165, 1.54) is 9.80 Å². The summed E-state index contributed by atoms with van der Waals surface area (Å²) in [5, 5.41) is 10.3. The predicted octanol–water partition coefficient (Wildman–Crippen LogP) is 0.863. The Bertz CT molecular complexity index is 966. The molecule has 2 aliphatic heterocycles. The molecule has 1 aromatic carbocycles. The number of hydrogen-bond donors (Lipinski definition) is 2. The molecule has 3 fully saturated rings. The van der Waals surface area contributed by atoms with Gasteiger partial charge in [-0.1, -0.05) is 30.3 Å². The fourth-order valence-corrected chi connectivity index (χ4v) is 5.06. The number of ether oxygens (including phenoxy) is 1. The van der Waals surface area contributed by atoms with Crippen molar-refractivity contribution in [1.29, 1.82) is 0 Å². The number of piperidine rings is 1. The van der Waals surface area contributed by atoms with E-state index in [-0.39, 0.29) is 37.4 Å². The maximum atomic E-state index is 13.1. The number of nitrogens with zero attached hydrogens (tertiary/aromatic N) is 3. The third kappa shape index (κ3) is 5.42. The molecule has 35 heavy (non-hydrogen) atoms. The predicted molar refractivity (Wildman–Crippen MR) is 126 cm³/mol. The van der Waals surface area contributed by atoms with E-state index in [4.69, 9.17) is 10.5 Å². The van der Waals surface area contributed by atoms with Crippen LogP contribution in [0, 0.1) is 5.41 Å². The molecule has 4 amide bonds. The summed E-state index contributed by atoms with van der Waals surface area (Å²) in [6.45, 7) is 2.74. The normalized spacial score (nSPS) is 25.5. The number of benzene rings is 1. The smallest absolute Gasteiger partial charge is 0.410 e. The van der Waals surface area contributed by atoms with Gasteiger partial charge in [-0.05, 0) is 43.6 Å². The second-order valence-corrected chi connectivity index (χ2v) is 9.89. The molecule has 0 bridgehead atoms. The van der Waals surface area contributed by atoms with Crippen molar-refractivity contribution in [2.75, 3.05) is 26.2 Å². The zero-order valence-electron chi connectivity index (χ0n) is 20.1. The van der Waals surface area contributed by atoms with Crippen molar-refractivity contribution in [2.24, 2.45) is 11.1 Å². The van der Waals surface area contributed by atoms with Crippen LogP contribution in [0.25, 0.3) is 0 Å². The van der Waals surface area contributed by atoms with Gasteiger partial charge in [-0.15, -0.1) is 0 Å². The summed E-state index contributed by atoms with van der Waals surface area (Å²) in [7, 11) is 0. The molecule has 2 saturated heterocycles. The third-order valence-electron chi connectivity index (χ3n) is 7.64. The molecule has 2 heterocycles. The minimum Gasteiger partial charge on any atom is -0.445 e. The molecule has 0 radical (unpaired) electrons. The van der Waals surface area contributed by atoms with Crippen LogP contribution in [0.15, 0.2) is 30.3 Å². The van der Waals surface area contributed by atoms with Crippen LogP contribution in [0.3, 0.4) is 0 Å². The van der Waals surface area contributed by atoms with Gasteiger partial charge in [-0.2, -0.15) is 0 Å². The minimum absolute atomic E-state index is 0.0238. The summed E-state index contributed by atoms with van der Waals surface area (Å²) in [6, 6.07) is 7.35. The number of likely N-dealkylation sites (tertiary alicyclic amines) is 1. The lowest BCUT2D eigenvalue weighted by Gasteiger charge is -2.42. The van der Waals surface area contributed by atoms with Crippen LogP contribution in [0.5, 0.6) is 0 Å². The van der Waals surface area contributed by atoms with Gasteiger partial charge in [-0.3, -0.25) is 19.3 Å². The molecule has 0 unspecified atom stereocenters. The number of rotatable bonds is 7. The topological polar surface area (TPSA) is 133 Å². The largest absolute Gasteiger partial charge is 0.445 e. The first kappa shape index (κ1) is 25.0. The lowest BCUT2D eigenvalue weighted by atomic mass is 9.90. The number of piperazine rings is 1. The van der Waals surface area contributed by atoms with Crippen molar-refractivity contribution < 1.29 is 29.0 Å². The van der Waals surface area contributed by atoms with Crippen molar-refractivity contribution in [3.8, 4) is 0 Å². The Morgan fingerprint density at radius 3 is 2.49 bits per heavy atom. The van der Waals surface area contributed by atoms with Crippen LogP contribution in [-0.4, -0.2) is 88.0 Å². The number of carbonyl (C=O) groups is 4. The molecule has 1 saturated carbocycles. The monoisotopic (exact) mass is 486 g/mol. The molecule has 1 aliphatic carbocycles. The van der Waals surface area contributed by atoms with Crippen molar-refractivity contribution in [1.82, 2.24) is 14.7 Å². The van der Waals surface area contributed by atoms with Crippen LogP contribution in [0.4, 0.5) is 4.79 Å². The highest BCUT2D eigenvalue weighted by Crippen LogP contribution is 2.53. The standard InChI is InChI=1S/C25H34N4O6/c1-17-23(33)28(12-5-8-21(31)27-13-11-25(9-10-25)20(30)15-27)19(22(26)32)14-29(17)24(34)35-16-18-6-3-2-4-7-18/h2-4,6-7,17,19-20,30H,5,8-16H2,1H3,(H2,26,32)/t17-,19+,20+/m0/s1. The first-order chi connectivity index (χ1) is 16.7. The number of primary amides is 1. The Kier molecular flexibility index (Phi) is 7.30. The molecule has 4 rings (SSSR count). The van der Waals surface area contributed by atoms with Crippen LogP contribution in [0.2, 0.25) is 0 Å². The molecule has 1 aromatic rings. The molecular weight excluding hydrogens is 452 g/mol. The quantitative estimate of drug-likeness (QED) is 0.587. The highest BCUT2D eigenvalue weighted by Gasteiger charge is 2.51. The summed E-state index contributed by atoms with van der Waals surface area (Å²) >= 11 is 0. The van der Waals surface area contributed by atoms with Crippen molar-refractivity contribution in [3.05, 3.63) is 35.9 Å². The van der Waals surface area contributed by atoms with Crippen molar-refractivity contribution in [3.63, 3.8) is 0 Å². The number of aliphatic hydroxyl groups excluding tert-OH is 1. The first-order valence-corrected chi connectivity index (χ1v) is 12.2. The maximum absolute atomic E-state index is 13.1. The summed E-state index contributed by atoms with van der Waals surface area (Å²) in [5.74, 6) is -1.20. The first-order valence-electron chi connectivity index (χ1n) is 12.2. The number of aliphatic hydroxyl groups is 1. The second kappa shape index (κ2) is 10.2. The van der Waals surface area contributed by atoms with Gasteiger partial charge in [0.05, 0.1) is 12.6 Å². The highest BCUT2D eigenvalue weighted by molar-refractivity contribution is 5.93. The molecular formula is C25H34N4O6. The average Bonchev–Trinajstić information content (AvgIpc) is 3.63. The van der Waals surface area contributed by atoms with Crippen LogP contribution < -0.4 is 5.73 Å². The Morgan fingerprint density at radius 2 is 1.86 bits per heavy atom. The molecule has 190 valence electrons. The highest BCUT2D eigenvalue weighted by atomic mass is 16.6. The molecule has 0 aromatic heterocycles. The van der Waals surface area contributed by atoms with E-state index in [0.717, 1.165) is 24.8 Å². The zero-order valence-corrected chi connectivity index (χ0v) is 20.1.